The van der Waals surface area contributed by atoms with Gasteiger partial charge in [0.1, 0.15) is 12.3 Å². The maximum Gasteiger partial charge on any atom is 0.389 e. The van der Waals surface area contributed by atoms with Gasteiger partial charge >= 0.3 is 5.82 Å². The van der Waals surface area contributed by atoms with E-state index >= 15 is 0 Å². The van der Waals surface area contributed by atoms with Crippen molar-refractivity contribution in [1.82, 2.24) is 9.78 Å². The van der Waals surface area contributed by atoms with Crippen LogP contribution in [0.4, 0.5) is 17.2 Å². The highest BCUT2D eigenvalue weighted by Crippen LogP contribution is 2.20. The monoisotopic (exact) mass is 395 g/mol. The molecule has 0 aliphatic rings. The molecule has 3 aromatic rings. The number of hydrogen-bond acceptors (Lipinski definition) is 6. The molecule has 0 atom stereocenters. The number of aromatic nitrogens is 2. The zero-order valence-electron chi connectivity index (χ0n) is 15.4. The molecule has 2 N–H and O–H groups in total. The predicted octanol–water partition coefficient (Wildman–Crippen LogP) is 2.69. The summed E-state index contributed by atoms with van der Waals surface area (Å²) in [5.41, 5.74) is 1.11. The number of nitrogens with one attached hydrogen (secondary N) is 2. The van der Waals surface area contributed by atoms with E-state index in [1.54, 1.807) is 48.5 Å². The van der Waals surface area contributed by atoms with Crippen LogP contribution in [0.15, 0.2) is 60.8 Å². The summed E-state index contributed by atoms with van der Waals surface area (Å²) in [5, 5.41) is 19.7. The van der Waals surface area contributed by atoms with E-state index < -0.39 is 16.7 Å². The Hall–Kier alpha value is -4.21. The number of nitro groups is 1. The molecule has 0 saturated heterocycles. The van der Waals surface area contributed by atoms with Crippen LogP contribution < -0.4 is 15.4 Å². The predicted molar refractivity (Wildman–Crippen MR) is 105 cm³/mol. The largest absolute Gasteiger partial charge is 0.497 e. The first-order valence-electron chi connectivity index (χ1n) is 8.48. The van der Waals surface area contributed by atoms with Crippen LogP contribution in [0.25, 0.3) is 0 Å². The topological polar surface area (TPSA) is 128 Å². The van der Waals surface area contributed by atoms with Gasteiger partial charge in [-0.3, -0.25) is 9.59 Å². The molecule has 2 amide bonds. The first kappa shape index (κ1) is 19.5. The SMILES string of the molecule is COc1cccc(NC(=O)c2ccccc2NC(=O)Cn2ccc([N+](=O)[O-])n2)c1. The summed E-state index contributed by atoms with van der Waals surface area (Å²) in [5.74, 6) is -0.651. The summed E-state index contributed by atoms with van der Waals surface area (Å²) >= 11 is 0. The van der Waals surface area contributed by atoms with E-state index in [0.717, 1.165) is 4.68 Å². The maximum atomic E-state index is 12.7. The van der Waals surface area contributed by atoms with E-state index in [-0.39, 0.29) is 17.9 Å². The molecule has 0 bridgehead atoms. The van der Waals surface area contributed by atoms with Gasteiger partial charge in [0.25, 0.3) is 5.91 Å². The van der Waals surface area contributed by atoms with Crippen molar-refractivity contribution in [3.05, 3.63) is 76.5 Å². The van der Waals surface area contributed by atoms with Crippen LogP contribution >= 0.6 is 0 Å². The molecule has 148 valence electrons. The lowest BCUT2D eigenvalue weighted by molar-refractivity contribution is -0.389. The van der Waals surface area contributed by atoms with Gasteiger partial charge in [0.2, 0.25) is 5.91 Å². The Morgan fingerprint density at radius 2 is 1.93 bits per heavy atom. The first-order valence-corrected chi connectivity index (χ1v) is 8.48. The molecule has 0 unspecified atom stereocenters. The summed E-state index contributed by atoms with van der Waals surface area (Å²) in [6.45, 7) is -0.236. The van der Waals surface area contributed by atoms with Gasteiger partial charge in [0, 0.05) is 11.8 Å². The zero-order valence-corrected chi connectivity index (χ0v) is 15.4. The van der Waals surface area contributed by atoms with Crippen LogP contribution in [0.1, 0.15) is 10.4 Å². The van der Waals surface area contributed by atoms with Gasteiger partial charge < -0.3 is 25.5 Å². The minimum atomic E-state index is -0.646. The molecule has 0 aliphatic carbocycles. The third-order valence-electron chi connectivity index (χ3n) is 3.89. The normalized spacial score (nSPS) is 10.2. The zero-order chi connectivity index (χ0) is 20.8. The highest BCUT2D eigenvalue weighted by molar-refractivity contribution is 6.10. The molecule has 0 spiro atoms. The first-order chi connectivity index (χ1) is 14.0. The second-order valence-electron chi connectivity index (χ2n) is 5.91. The van der Waals surface area contributed by atoms with Crippen molar-refractivity contribution in [2.75, 3.05) is 17.7 Å². The number of hydrogen-bond donors (Lipinski definition) is 2. The Labute approximate surface area is 165 Å². The molecule has 0 radical (unpaired) electrons. The maximum absolute atomic E-state index is 12.7. The highest BCUT2D eigenvalue weighted by Gasteiger charge is 2.16. The van der Waals surface area contributed by atoms with Crippen LogP contribution in [0.2, 0.25) is 0 Å². The summed E-state index contributed by atoms with van der Waals surface area (Å²) in [6.07, 6.45) is 1.33. The van der Waals surface area contributed by atoms with Crippen molar-refractivity contribution in [3.63, 3.8) is 0 Å². The van der Waals surface area contributed by atoms with Crippen LogP contribution in [-0.4, -0.2) is 33.6 Å². The van der Waals surface area contributed by atoms with Crippen LogP contribution in [-0.2, 0) is 11.3 Å². The van der Waals surface area contributed by atoms with Crippen molar-refractivity contribution in [2.24, 2.45) is 0 Å². The van der Waals surface area contributed by atoms with Crippen LogP contribution in [0, 0.1) is 10.1 Å². The van der Waals surface area contributed by atoms with Crippen molar-refractivity contribution in [2.45, 2.75) is 6.54 Å². The number of carbonyl (C=O) groups excluding carboxylic acids is 2. The van der Waals surface area contributed by atoms with Crippen LogP contribution in [0.5, 0.6) is 5.75 Å². The average molecular weight is 395 g/mol. The standard InChI is InChI=1S/C19H17N5O5/c1-29-14-6-4-5-13(11-14)20-19(26)15-7-2-3-8-16(15)21-18(25)12-23-10-9-17(22-23)24(27)28/h2-11H,12H2,1H3,(H,20,26)(H,21,25). The smallest absolute Gasteiger partial charge is 0.389 e. The molecule has 10 heteroatoms. The average Bonchev–Trinajstić information content (AvgIpc) is 3.17. The molecule has 1 aromatic heterocycles. The van der Waals surface area contributed by atoms with Crippen molar-refractivity contribution < 1.29 is 19.2 Å². The molecule has 0 aliphatic heterocycles. The molecule has 0 saturated carbocycles. The summed E-state index contributed by atoms with van der Waals surface area (Å²) in [6, 6.07) is 14.6. The number of anilines is 2. The van der Waals surface area contributed by atoms with E-state index in [4.69, 9.17) is 4.74 Å². The molecule has 2 aromatic carbocycles. The van der Waals surface area contributed by atoms with Gasteiger partial charge in [0.05, 0.1) is 35.7 Å². The molecule has 0 fully saturated rings. The number of carbonyl (C=O) groups is 2. The fraction of sp³-hybridized carbons (Fsp3) is 0.105. The molecule has 3 rings (SSSR count). The Kier molecular flexibility index (Phi) is 5.83. The summed E-state index contributed by atoms with van der Waals surface area (Å²) in [7, 11) is 1.53. The molecule has 29 heavy (non-hydrogen) atoms. The Balaban J connectivity index is 1.71. The van der Waals surface area contributed by atoms with Gasteiger partial charge in [-0.25, -0.2) is 0 Å². The number of ether oxygens (including phenoxy) is 1. The Bertz CT molecular complexity index is 1060. The van der Waals surface area contributed by atoms with E-state index in [0.29, 0.717) is 17.1 Å². The molecule has 1 heterocycles. The number of amides is 2. The minimum Gasteiger partial charge on any atom is -0.497 e. The molecular weight excluding hydrogens is 378 g/mol. The summed E-state index contributed by atoms with van der Waals surface area (Å²) in [4.78, 5) is 35.0. The summed E-state index contributed by atoms with van der Waals surface area (Å²) < 4.78 is 6.28. The lowest BCUT2D eigenvalue weighted by Gasteiger charge is -2.11. The quantitative estimate of drug-likeness (QED) is 0.467. The van der Waals surface area contributed by atoms with E-state index in [1.165, 1.54) is 19.4 Å². The number of nitrogens with zero attached hydrogens (tertiary/aromatic N) is 3. The number of methoxy groups -OCH3 is 1. The van der Waals surface area contributed by atoms with Gasteiger partial charge in [-0.05, 0) is 29.2 Å². The number of rotatable bonds is 7. The minimum absolute atomic E-state index is 0.236. The van der Waals surface area contributed by atoms with E-state index in [1.807, 2.05) is 0 Å². The lowest BCUT2D eigenvalue weighted by Crippen LogP contribution is -2.22. The number of benzene rings is 2. The fourth-order valence-corrected chi connectivity index (χ4v) is 2.56. The Morgan fingerprint density at radius 1 is 1.14 bits per heavy atom. The van der Waals surface area contributed by atoms with Gasteiger partial charge in [-0.2, -0.15) is 4.68 Å². The second-order valence-corrected chi connectivity index (χ2v) is 5.91. The Morgan fingerprint density at radius 3 is 2.66 bits per heavy atom. The fourth-order valence-electron chi connectivity index (χ4n) is 2.56. The molecular formula is C19H17N5O5. The number of para-hydroxylation sites is 1. The van der Waals surface area contributed by atoms with E-state index in [2.05, 4.69) is 15.7 Å². The van der Waals surface area contributed by atoms with Crippen molar-refractivity contribution in [1.29, 1.82) is 0 Å². The van der Waals surface area contributed by atoms with Gasteiger partial charge in [-0.15, -0.1) is 0 Å². The van der Waals surface area contributed by atoms with Crippen LogP contribution in [0.3, 0.4) is 0 Å². The third-order valence-corrected chi connectivity index (χ3v) is 3.89. The molecule has 10 nitrogen and oxygen atoms in total. The second kappa shape index (κ2) is 8.65. The van der Waals surface area contributed by atoms with Gasteiger partial charge in [0.15, 0.2) is 0 Å². The highest BCUT2D eigenvalue weighted by atomic mass is 16.6. The van der Waals surface area contributed by atoms with Gasteiger partial charge in [-0.1, -0.05) is 18.2 Å². The third kappa shape index (κ3) is 4.95. The van der Waals surface area contributed by atoms with E-state index in [9.17, 15) is 19.7 Å². The van der Waals surface area contributed by atoms with Crippen molar-refractivity contribution in [3.8, 4) is 5.75 Å². The lowest BCUT2D eigenvalue weighted by atomic mass is 10.1. The van der Waals surface area contributed by atoms with Crippen molar-refractivity contribution >= 4 is 29.0 Å².